The minimum absolute atomic E-state index is 0.0536. The number of nitrogens with zero attached hydrogens (tertiary/aromatic N) is 2. The molecular weight excluding hydrogens is 455 g/mol. The van der Waals surface area contributed by atoms with Crippen molar-refractivity contribution in [2.45, 2.75) is 32.7 Å². The van der Waals surface area contributed by atoms with Gasteiger partial charge < -0.3 is 19.0 Å². The van der Waals surface area contributed by atoms with E-state index in [-0.39, 0.29) is 42.5 Å². The van der Waals surface area contributed by atoms with Gasteiger partial charge in [0.2, 0.25) is 5.91 Å². The van der Waals surface area contributed by atoms with Gasteiger partial charge >= 0.3 is 0 Å². The smallest absolute Gasteiger partial charge is 0.290 e. The molecule has 1 atom stereocenters. The van der Waals surface area contributed by atoms with E-state index in [0.29, 0.717) is 19.0 Å². The number of carbonyl (C=O) groups is 2. The lowest BCUT2D eigenvalue weighted by atomic mass is 10.00. The van der Waals surface area contributed by atoms with Crippen LogP contribution in [-0.4, -0.2) is 47.9 Å². The lowest BCUT2D eigenvalue weighted by Crippen LogP contribution is -2.48. The van der Waals surface area contributed by atoms with Crippen molar-refractivity contribution in [1.29, 1.82) is 0 Å². The zero-order valence-corrected chi connectivity index (χ0v) is 20.2. The van der Waals surface area contributed by atoms with Gasteiger partial charge in [0.15, 0.2) is 17.3 Å². The van der Waals surface area contributed by atoms with Gasteiger partial charge in [-0.1, -0.05) is 26.0 Å². The summed E-state index contributed by atoms with van der Waals surface area (Å²) in [6.45, 7) is 5.21. The summed E-state index contributed by atoms with van der Waals surface area (Å²) < 4.78 is 25.2. The highest BCUT2D eigenvalue weighted by molar-refractivity contribution is 7.10. The Hall–Kier alpha value is -3.13. The second kappa shape index (κ2) is 10.9. The van der Waals surface area contributed by atoms with Gasteiger partial charge in [0, 0.05) is 18.0 Å². The van der Waals surface area contributed by atoms with Crippen LogP contribution in [0.4, 0.5) is 4.39 Å². The minimum atomic E-state index is -0.439. The minimum Gasteiger partial charge on any atom is -0.488 e. The number of hydrogen-bond donors (Lipinski definition) is 0. The van der Waals surface area contributed by atoms with E-state index in [1.165, 1.54) is 17.2 Å². The lowest BCUT2D eigenvalue weighted by Gasteiger charge is -2.37. The first-order valence-corrected chi connectivity index (χ1v) is 12.4. The summed E-state index contributed by atoms with van der Waals surface area (Å²) in [7, 11) is 0. The van der Waals surface area contributed by atoms with Crippen LogP contribution in [0, 0.1) is 11.7 Å². The van der Waals surface area contributed by atoms with E-state index in [0.717, 1.165) is 18.4 Å². The van der Waals surface area contributed by atoms with Crippen molar-refractivity contribution in [1.82, 2.24) is 9.80 Å². The summed E-state index contributed by atoms with van der Waals surface area (Å²) in [5.74, 6) is -0.148. The number of carbonyl (C=O) groups excluding carboxylic acids is 2. The Bertz CT molecular complexity index is 1110. The quantitative estimate of drug-likeness (QED) is 0.420. The molecule has 34 heavy (non-hydrogen) atoms. The Balaban J connectivity index is 1.52. The monoisotopic (exact) mass is 484 g/mol. The molecule has 3 heterocycles. The van der Waals surface area contributed by atoms with E-state index in [4.69, 9.17) is 9.15 Å². The number of amides is 2. The van der Waals surface area contributed by atoms with Gasteiger partial charge in [-0.25, -0.2) is 4.39 Å². The Morgan fingerprint density at radius 2 is 2.06 bits per heavy atom. The third-order valence-corrected chi connectivity index (χ3v) is 6.97. The molecule has 0 N–H and O–H groups in total. The predicted octanol–water partition coefficient (Wildman–Crippen LogP) is 5.17. The average Bonchev–Trinajstić information content (AvgIpc) is 3.52. The van der Waals surface area contributed by atoms with Crippen molar-refractivity contribution >= 4 is 23.2 Å². The van der Waals surface area contributed by atoms with Crippen LogP contribution in [0.5, 0.6) is 5.75 Å². The number of furan rings is 1. The number of hydrogen-bond acceptors (Lipinski definition) is 5. The number of benzene rings is 1. The Morgan fingerprint density at radius 3 is 2.79 bits per heavy atom. The first-order chi connectivity index (χ1) is 16.4. The molecule has 6 nitrogen and oxygen atoms in total. The van der Waals surface area contributed by atoms with Crippen LogP contribution in [0.15, 0.2) is 58.5 Å². The molecule has 0 spiro atoms. The number of rotatable bonds is 9. The topological polar surface area (TPSA) is 63.0 Å². The molecule has 2 aromatic heterocycles. The summed E-state index contributed by atoms with van der Waals surface area (Å²) in [6, 6.07) is 11.2. The zero-order valence-electron chi connectivity index (χ0n) is 19.4. The number of halogens is 1. The maximum absolute atomic E-state index is 14.1. The number of ether oxygens (including phenoxy) is 1. The fourth-order valence-corrected chi connectivity index (χ4v) is 5.01. The van der Waals surface area contributed by atoms with Crippen molar-refractivity contribution in [2.24, 2.45) is 5.92 Å². The third-order valence-electron chi connectivity index (χ3n) is 5.97. The van der Waals surface area contributed by atoms with Crippen LogP contribution >= 0.6 is 11.3 Å². The molecule has 180 valence electrons. The predicted molar refractivity (Wildman–Crippen MR) is 128 cm³/mol. The van der Waals surface area contributed by atoms with Gasteiger partial charge in [0.25, 0.3) is 5.91 Å². The zero-order chi connectivity index (χ0) is 24.1. The van der Waals surface area contributed by atoms with E-state index in [1.807, 2.05) is 11.4 Å². The molecule has 1 unspecified atom stereocenters. The molecule has 1 aliphatic heterocycles. The Kier molecular flexibility index (Phi) is 7.67. The Labute approximate surface area is 202 Å². The molecule has 2 amide bonds. The number of thiophene rings is 1. The molecule has 0 aliphatic carbocycles. The molecule has 0 saturated heterocycles. The SMILES string of the molecule is CC(C)CCN(CC(=O)N1CCc2sccc2C1COc1ccccc1F)C(=O)c1ccco1. The molecule has 4 rings (SSSR count). The maximum Gasteiger partial charge on any atom is 0.290 e. The highest BCUT2D eigenvalue weighted by Gasteiger charge is 2.34. The molecule has 0 fully saturated rings. The van der Waals surface area contributed by atoms with Crippen LogP contribution in [-0.2, 0) is 11.2 Å². The third kappa shape index (κ3) is 5.50. The van der Waals surface area contributed by atoms with Gasteiger partial charge in [-0.2, -0.15) is 0 Å². The van der Waals surface area contributed by atoms with Crippen molar-refractivity contribution < 1.29 is 23.1 Å². The molecule has 1 aliphatic rings. The second-order valence-electron chi connectivity index (χ2n) is 8.78. The molecule has 0 radical (unpaired) electrons. The van der Waals surface area contributed by atoms with Crippen molar-refractivity contribution in [3.8, 4) is 5.75 Å². The van der Waals surface area contributed by atoms with Crippen molar-refractivity contribution in [3.05, 3.63) is 76.1 Å². The van der Waals surface area contributed by atoms with Crippen molar-refractivity contribution in [2.75, 3.05) is 26.2 Å². The van der Waals surface area contributed by atoms with E-state index in [1.54, 1.807) is 51.5 Å². The van der Waals surface area contributed by atoms with Gasteiger partial charge in [-0.05, 0) is 60.0 Å². The van der Waals surface area contributed by atoms with Gasteiger partial charge in [0.05, 0.1) is 12.3 Å². The van der Waals surface area contributed by atoms with Crippen LogP contribution in [0.1, 0.15) is 47.3 Å². The summed E-state index contributed by atoms with van der Waals surface area (Å²) >= 11 is 1.65. The summed E-state index contributed by atoms with van der Waals surface area (Å²) in [5.41, 5.74) is 1.02. The molecule has 8 heteroatoms. The highest BCUT2D eigenvalue weighted by atomic mass is 32.1. The summed E-state index contributed by atoms with van der Waals surface area (Å²) in [4.78, 5) is 31.1. The summed E-state index contributed by atoms with van der Waals surface area (Å²) in [5, 5.41) is 2.00. The van der Waals surface area contributed by atoms with Crippen LogP contribution < -0.4 is 4.74 Å². The fourth-order valence-electron chi connectivity index (χ4n) is 4.08. The second-order valence-corrected chi connectivity index (χ2v) is 9.78. The van der Waals surface area contributed by atoms with Gasteiger partial charge in [0.1, 0.15) is 13.2 Å². The molecule has 0 saturated carbocycles. The van der Waals surface area contributed by atoms with Crippen LogP contribution in [0.25, 0.3) is 0 Å². The number of fused-ring (bicyclic) bond motifs is 1. The average molecular weight is 485 g/mol. The highest BCUT2D eigenvalue weighted by Crippen LogP contribution is 2.34. The number of para-hydroxylation sites is 1. The molecule has 0 bridgehead atoms. The Morgan fingerprint density at radius 1 is 1.24 bits per heavy atom. The standard InChI is InChI=1S/C26H29FN2O4S/c1-18(2)9-12-28(26(31)23-8-5-14-32-23)16-25(30)29-13-10-24-19(11-15-34-24)21(29)17-33-22-7-4-3-6-20(22)27/h3-8,11,14-15,18,21H,9-10,12-13,16-17H2,1-2H3. The van der Waals surface area contributed by atoms with Crippen LogP contribution in [0.2, 0.25) is 0 Å². The maximum atomic E-state index is 14.1. The van der Waals surface area contributed by atoms with Gasteiger partial charge in [-0.3, -0.25) is 9.59 Å². The molecular formula is C26H29FN2O4S. The largest absolute Gasteiger partial charge is 0.488 e. The molecule has 1 aromatic carbocycles. The van der Waals surface area contributed by atoms with Crippen LogP contribution in [0.3, 0.4) is 0 Å². The van der Waals surface area contributed by atoms with E-state index < -0.39 is 5.82 Å². The first kappa shape index (κ1) is 24.0. The normalized spacial score (nSPS) is 15.3. The summed E-state index contributed by atoms with van der Waals surface area (Å²) in [6.07, 6.45) is 2.97. The van der Waals surface area contributed by atoms with Gasteiger partial charge in [-0.15, -0.1) is 11.3 Å². The first-order valence-electron chi connectivity index (χ1n) is 11.5. The van der Waals surface area contributed by atoms with E-state index in [9.17, 15) is 14.0 Å². The van der Waals surface area contributed by atoms with E-state index >= 15 is 0 Å². The lowest BCUT2D eigenvalue weighted by molar-refractivity contribution is -0.135. The molecule has 3 aromatic rings. The van der Waals surface area contributed by atoms with Crippen molar-refractivity contribution in [3.63, 3.8) is 0 Å². The fraction of sp³-hybridized carbons (Fsp3) is 0.385. The van der Waals surface area contributed by atoms with E-state index in [2.05, 4.69) is 13.8 Å².